The molecule has 3 atom stereocenters. The molecule has 4 nitrogen and oxygen atoms in total. The highest BCUT2D eigenvalue weighted by molar-refractivity contribution is 5.81. The lowest BCUT2D eigenvalue weighted by atomic mass is 9.79. The maximum atomic E-state index is 12.5. The van der Waals surface area contributed by atoms with Crippen LogP contribution in [0.4, 0.5) is 0 Å². The fourth-order valence-corrected chi connectivity index (χ4v) is 4.65. The summed E-state index contributed by atoms with van der Waals surface area (Å²) in [5, 5.41) is 9.38. The summed E-state index contributed by atoms with van der Waals surface area (Å²) in [5.74, 6) is -1.29. The van der Waals surface area contributed by atoms with Crippen molar-refractivity contribution in [3.8, 4) is 0 Å². The Balaban J connectivity index is 2.07. The van der Waals surface area contributed by atoms with Gasteiger partial charge in [0.05, 0.1) is 11.8 Å². The van der Waals surface area contributed by atoms with Gasteiger partial charge in [0, 0.05) is 0 Å². The molecule has 1 rings (SSSR count). The first-order valence-corrected chi connectivity index (χ1v) is 12.9. The third-order valence-corrected chi connectivity index (χ3v) is 6.68. The molecule has 0 radical (unpaired) electrons. The predicted octanol–water partition coefficient (Wildman–Crippen LogP) is 7.54. The third-order valence-electron chi connectivity index (χ3n) is 6.68. The molecule has 0 bridgehead atoms. The topological polar surface area (TPSA) is 63.6 Å². The van der Waals surface area contributed by atoms with Crippen molar-refractivity contribution in [2.24, 2.45) is 17.8 Å². The summed E-state index contributed by atoms with van der Waals surface area (Å²) in [7, 11) is 0. The molecule has 0 saturated heterocycles. The standard InChI is InChI=1S/C26H48O4/c1-4-22(30-26(29)24-20-16-15-19-23(24)25(27)28)18-14-12-10-8-6-5-7-9-11-13-17-21(2)3/h21-24H,4-20H2,1-3H3,(H,27,28). The molecular formula is C26H48O4. The van der Waals surface area contributed by atoms with E-state index in [4.69, 9.17) is 4.74 Å². The van der Waals surface area contributed by atoms with Crippen molar-refractivity contribution in [1.29, 1.82) is 0 Å². The molecular weight excluding hydrogens is 376 g/mol. The lowest BCUT2D eigenvalue weighted by Crippen LogP contribution is -2.35. The normalized spacial score (nSPS) is 20.3. The molecule has 3 unspecified atom stereocenters. The summed E-state index contributed by atoms with van der Waals surface area (Å²) in [4.78, 5) is 24.0. The van der Waals surface area contributed by atoms with Crippen molar-refractivity contribution in [3.05, 3.63) is 0 Å². The maximum Gasteiger partial charge on any atom is 0.310 e. The summed E-state index contributed by atoms with van der Waals surface area (Å²) in [5.41, 5.74) is 0. The smallest absolute Gasteiger partial charge is 0.310 e. The van der Waals surface area contributed by atoms with E-state index >= 15 is 0 Å². The van der Waals surface area contributed by atoms with Gasteiger partial charge < -0.3 is 9.84 Å². The van der Waals surface area contributed by atoms with Crippen LogP contribution in [0.15, 0.2) is 0 Å². The number of hydrogen-bond acceptors (Lipinski definition) is 3. The van der Waals surface area contributed by atoms with Crippen LogP contribution in [-0.2, 0) is 14.3 Å². The number of hydrogen-bond donors (Lipinski definition) is 1. The average molecular weight is 425 g/mol. The number of carboxylic acid groups (broad SMARTS) is 1. The highest BCUT2D eigenvalue weighted by atomic mass is 16.5. The summed E-state index contributed by atoms with van der Waals surface area (Å²) >= 11 is 0. The molecule has 0 aromatic heterocycles. The minimum Gasteiger partial charge on any atom is -0.481 e. The lowest BCUT2D eigenvalue weighted by molar-refractivity contribution is -0.164. The van der Waals surface area contributed by atoms with Crippen LogP contribution in [0.5, 0.6) is 0 Å². The molecule has 0 aliphatic heterocycles. The molecule has 1 N–H and O–H groups in total. The molecule has 0 aromatic carbocycles. The van der Waals surface area contributed by atoms with Crippen LogP contribution in [0.1, 0.15) is 130 Å². The summed E-state index contributed by atoms with van der Waals surface area (Å²) in [6, 6.07) is 0. The summed E-state index contributed by atoms with van der Waals surface area (Å²) < 4.78 is 5.72. The van der Waals surface area contributed by atoms with Gasteiger partial charge in [-0.15, -0.1) is 0 Å². The van der Waals surface area contributed by atoms with Crippen LogP contribution in [0.25, 0.3) is 0 Å². The zero-order chi connectivity index (χ0) is 22.2. The van der Waals surface area contributed by atoms with Gasteiger partial charge in [-0.3, -0.25) is 9.59 Å². The van der Waals surface area contributed by atoms with Crippen LogP contribution in [-0.4, -0.2) is 23.1 Å². The Morgan fingerprint density at radius 1 is 0.800 bits per heavy atom. The van der Waals surface area contributed by atoms with Crippen molar-refractivity contribution in [2.45, 2.75) is 136 Å². The van der Waals surface area contributed by atoms with E-state index in [1.54, 1.807) is 0 Å². The van der Waals surface area contributed by atoms with Crippen molar-refractivity contribution >= 4 is 11.9 Å². The second kappa shape index (κ2) is 16.6. The number of unbranched alkanes of at least 4 members (excludes halogenated alkanes) is 9. The van der Waals surface area contributed by atoms with Crippen LogP contribution >= 0.6 is 0 Å². The highest BCUT2D eigenvalue weighted by Gasteiger charge is 2.37. The monoisotopic (exact) mass is 424 g/mol. The second-order valence-electron chi connectivity index (χ2n) is 9.81. The fourth-order valence-electron chi connectivity index (χ4n) is 4.65. The molecule has 1 fully saturated rings. The van der Waals surface area contributed by atoms with E-state index < -0.39 is 17.8 Å². The van der Waals surface area contributed by atoms with Gasteiger partial charge in [0.25, 0.3) is 0 Å². The van der Waals surface area contributed by atoms with Gasteiger partial charge in [-0.25, -0.2) is 0 Å². The van der Waals surface area contributed by atoms with E-state index in [9.17, 15) is 14.7 Å². The van der Waals surface area contributed by atoms with Crippen molar-refractivity contribution < 1.29 is 19.4 Å². The molecule has 0 amide bonds. The zero-order valence-corrected chi connectivity index (χ0v) is 20.0. The number of ether oxygens (including phenoxy) is 1. The Labute approximate surface area is 185 Å². The molecule has 0 heterocycles. The summed E-state index contributed by atoms with van der Waals surface area (Å²) in [6.45, 7) is 6.66. The molecule has 1 aliphatic rings. The zero-order valence-electron chi connectivity index (χ0n) is 20.0. The van der Waals surface area contributed by atoms with Gasteiger partial charge in [0.2, 0.25) is 0 Å². The Morgan fingerprint density at radius 3 is 1.73 bits per heavy atom. The van der Waals surface area contributed by atoms with E-state index in [1.807, 2.05) is 0 Å². The van der Waals surface area contributed by atoms with E-state index in [0.717, 1.165) is 38.0 Å². The fraction of sp³-hybridized carbons (Fsp3) is 0.923. The molecule has 30 heavy (non-hydrogen) atoms. The van der Waals surface area contributed by atoms with E-state index in [0.29, 0.717) is 12.8 Å². The minimum atomic E-state index is -0.847. The number of aliphatic carboxylic acids is 1. The Hall–Kier alpha value is -1.06. The minimum absolute atomic E-state index is 0.0558. The summed E-state index contributed by atoms with van der Waals surface area (Å²) in [6.07, 6.45) is 19.2. The number of carboxylic acids is 1. The first-order valence-electron chi connectivity index (χ1n) is 12.9. The molecule has 1 aliphatic carbocycles. The van der Waals surface area contributed by atoms with E-state index in [1.165, 1.54) is 64.2 Å². The Morgan fingerprint density at radius 2 is 1.27 bits per heavy atom. The van der Waals surface area contributed by atoms with Crippen LogP contribution in [0.3, 0.4) is 0 Å². The first kappa shape index (κ1) is 27.0. The Bertz CT molecular complexity index is 460. The number of esters is 1. The van der Waals surface area contributed by atoms with Crippen molar-refractivity contribution in [2.75, 3.05) is 0 Å². The van der Waals surface area contributed by atoms with E-state index in [2.05, 4.69) is 20.8 Å². The molecule has 0 spiro atoms. The lowest BCUT2D eigenvalue weighted by Gasteiger charge is -2.28. The number of carbonyl (C=O) groups is 2. The highest BCUT2D eigenvalue weighted by Crippen LogP contribution is 2.32. The number of rotatable bonds is 17. The Kier molecular flexibility index (Phi) is 14.9. The van der Waals surface area contributed by atoms with E-state index in [-0.39, 0.29) is 12.1 Å². The van der Waals surface area contributed by atoms with Gasteiger partial charge in [-0.1, -0.05) is 97.8 Å². The molecule has 0 aromatic rings. The van der Waals surface area contributed by atoms with Crippen molar-refractivity contribution in [1.82, 2.24) is 0 Å². The second-order valence-corrected chi connectivity index (χ2v) is 9.81. The van der Waals surface area contributed by atoms with Gasteiger partial charge in [-0.05, 0) is 38.0 Å². The molecule has 176 valence electrons. The predicted molar refractivity (Wildman–Crippen MR) is 123 cm³/mol. The molecule has 1 saturated carbocycles. The van der Waals surface area contributed by atoms with Crippen LogP contribution in [0.2, 0.25) is 0 Å². The first-order chi connectivity index (χ1) is 14.5. The van der Waals surface area contributed by atoms with Crippen LogP contribution < -0.4 is 0 Å². The SMILES string of the molecule is CCC(CCCCCCCCCCCCC(C)C)OC(=O)C1CCCCC1C(=O)O. The third kappa shape index (κ3) is 12.0. The maximum absolute atomic E-state index is 12.5. The number of carbonyl (C=O) groups excluding carboxylic acids is 1. The van der Waals surface area contributed by atoms with Crippen LogP contribution in [0, 0.1) is 17.8 Å². The average Bonchev–Trinajstić information content (AvgIpc) is 2.73. The van der Waals surface area contributed by atoms with Gasteiger partial charge in [0.15, 0.2) is 0 Å². The molecule has 4 heteroatoms. The van der Waals surface area contributed by atoms with Gasteiger partial charge >= 0.3 is 11.9 Å². The van der Waals surface area contributed by atoms with Gasteiger partial charge in [0.1, 0.15) is 6.10 Å². The van der Waals surface area contributed by atoms with Gasteiger partial charge in [-0.2, -0.15) is 0 Å². The quantitative estimate of drug-likeness (QED) is 0.193. The largest absolute Gasteiger partial charge is 0.481 e. The van der Waals surface area contributed by atoms with Crippen molar-refractivity contribution in [3.63, 3.8) is 0 Å².